The van der Waals surface area contributed by atoms with Gasteiger partial charge in [-0.05, 0) is 32.8 Å². The number of aromatic nitrogens is 4. The third-order valence-corrected chi connectivity index (χ3v) is 5.08. The van der Waals surface area contributed by atoms with Crippen LogP contribution in [0.2, 0.25) is 0 Å². The normalized spacial score (nSPS) is 13.1. The summed E-state index contributed by atoms with van der Waals surface area (Å²) >= 11 is 0. The summed E-state index contributed by atoms with van der Waals surface area (Å²) < 4.78 is 6.99. The van der Waals surface area contributed by atoms with Gasteiger partial charge in [0.2, 0.25) is 0 Å². The summed E-state index contributed by atoms with van der Waals surface area (Å²) in [6, 6.07) is 9.67. The number of rotatable bonds is 8. The fourth-order valence-corrected chi connectivity index (χ4v) is 3.43. The molecule has 0 aliphatic rings. The van der Waals surface area contributed by atoms with Crippen molar-refractivity contribution in [3.8, 4) is 0 Å². The zero-order valence-corrected chi connectivity index (χ0v) is 17.8. The van der Waals surface area contributed by atoms with Crippen LogP contribution in [0.25, 0.3) is 5.78 Å². The molecular formula is C22H27N5O3. The first kappa shape index (κ1) is 21.4. The molecule has 2 aromatic heterocycles. The smallest absolute Gasteiger partial charge is 0.311 e. The highest BCUT2D eigenvalue weighted by Crippen LogP contribution is 2.19. The quantitative estimate of drug-likeness (QED) is 0.575. The van der Waals surface area contributed by atoms with Gasteiger partial charge < -0.3 is 10.1 Å². The van der Waals surface area contributed by atoms with Gasteiger partial charge in [-0.1, -0.05) is 43.7 Å². The van der Waals surface area contributed by atoms with Gasteiger partial charge in [0.05, 0.1) is 12.5 Å². The van der Waals surface area contributed by atoms with Crippen molar-refractivity contribution in [2.45, 2.75) is 59.1 Å². The summed E-state index contributed by atoms with van der Waals surface area (Å²) in [7, 11) is 0. The van der Waals surface area contributed by atoms with Crippen LogP contribution in [0, 0.1) is 13.8 Å². The van der Waals surface area contributed by atoms with Gasteiger partial charge >= 0.3 is 5.97 Å². The number of carbonyl (C=O) groups is 2. The number of hydrogen-bond donors (Lipinski definition) is 1. The second-order valence-corrected chi connectivity index (χ2v) is 7.30. The van der Waals surface area contributed by atoms with Crippen LogP contribution in [0.3, 0.4) is 0 Å². The van der Waals surface area contributed by atoms with E-state index in [9.17, 15) is 9.59 Å². The molecule has 3 aromatic rings. The Balaban J connectivity index is 1.64. The molecule has 1 N–H and O–H groups in total. The molecule has 0 saturated carbocycles. The van der Waals surface area contributed by atoms with E-state index >= 15 is 0 Å². The number of fused-ring (bicyclic) bond motifs is 1. The summed E-state index contributed by atoms with van der Waals surface area (Å²) in [4.78, 5) is 33.6. The van der Waals surface area contributed by atoms with Crippen molar-refractivity contribution in [2.24, 2.45) is 0 Å². The van der Waals surface area contributed by atoms with Gasteiger partial charge in [-0.15, -0.1) is 0 Å². The molecule has 0 radical (unpaired) electrons. The minimum atomic E-state index is -0.899. The first-order chi connectivity index (χ1) is 14.4. The Kier molecular flexibility index (Phi) is 6.76. The van der Waals surface area contributed by atoms with E-state index in [-0.39, 0.29) is 18.4 Å². The third-order valence-electron chi connectivity index (χ3n) is 5.08. The van der Waals surface area contributed by atoms with Crippen molar-refractivity contribution in [1.29, 1.82) is 0 Å². The first-order valence-electron chi connectivity index (χ1n) is 10.1. The molecule has 2 atom stereocenters. The minimum Gasteiger partial charge on any atom is -0.452 e. The van der Waals surface area contributed by atoms with Gasteiger partial charge in [0.15, 0.2) is 6.10 Å². The maximum Gasteiger partial charge on any atom is 0.311 e. The van der Waals surface area contributed by atoms with Gasteiger partial charge in [-0.3, -0.25) is 9.59 Å². The maximum absolute atomic E-state index is 12.6. The summed E-state index contributed by atoms with van der Waals surface area (Å²) in [6.45, 7) is 7.32. The summed E-state index contributed by atoms with van der Waals surface area (Å²) in [5.74, 6) is -0.321. The molecule has 3 rings (SSSR count). The van der Waals surface area contributed by atoms with E-state index in [1.54, 1.807) is 11.4 Å². The number of ether oxygens (including phenoxy) is 1. The van der Waals surface area contributed by atoms with Crippen molar-refractivity contribution < 1.29 is 14.3 Å². The molecule has 158 valence electrons. The topological polar surface area (TPSA) is 98.5 Å². The van der Waals surface area contributed by atoms with Crippen molar-refractivity contribution in [3.05, 3.63) is 59.2 Å². The number of amides is 1. The Hall–Kier alpha value is -3.29. The molecular weight excluding hydrogens is 382 g/mol. The summed E-state index contributed by atoms with van der Waals surface area (Å²) in [5, 5.41) is 7.12. The Labute approximate surface area is 175 Å². The van der Waals surface area contributed by atoms with Crippen molar-refractivity contribution in [3.63, 3.8) is 0 Å². The predicted molar refractivity (Wildman–Crippen MR) is 112 cm³/mol. The molecule has 0 aliphatic heterocycles. The highest BCUT2D eigenvalue weighted by molar-refractivity contribution is 5.84. The lowest BCUT2D eigenvalue weighted by molar-refractivity contribution is -0.154. The lowest BCUT2D eigenvalue weighted by Crippen LogP contribution is -2.38. The van der Waals surface area contributed by atoms with Crippen molar-refractivity contribution >= 4 is 17.7 Å². The average molecular weight is 409 g/mol. The van der Waals surface area contributed by atoms with E-state index in [0.29, 0.717) is 11.5 Å². The van der Waals surface area contributed by atoms with E-state index in [4.69, 9.17) is 4.74 Å². The Morgan fingerprint density at radius 2 is 1.93 bits per heavy atom. The third kappa shape index (κ3) is 4.82. The number of aryl methyl sites for hydroxylation is 2. The van der Waals surface area contributed by atoms with Crippen LogP contribution >= 0.6 is 0 Å². The Morgan fingerprint density at radius 3 is 2.63 bits per heavy atom. The van der Waals surface area contributed by atoms with Crippen LogP contribution in [-0.4, -0.2) is 37.6 Å². The van der Waals surface area contributed by atoms with Crippen LogP contribution in [0.1, 0.15) is 55.2 Å². The predicted octanol–water partition coefficient (Wildman–Crippen LogP) is 2.87. The molecule has 0 unspecified atom stereocenters. The molecule has 8 heteroatoms. The SMILES string of the molecule is CCC[C@H](NC(=O)[C@@H](C)OC(=O)Cc1c(C)nc2ncnn2c1C)c1ccccc1. The van der Waals surface area contributed by atoms with Gasteiger partial charge in [0.25, 0.3) is 11.7 Å². The number of nitrogens with one attached hydrogen (secondary N) is 1. The van der Waals surface area contributed by atoms with Crippen LogP contribution in [0.5, 0.6) is 0 Å². The standard InChI is InChI=1S/C22H27N5O3/c1-5-9-19(17-10-7-6-8-11-17)26-21(29)16(4)30-20(28)12-18-14(2)25-22-23-13-24-27(22)15(18)3/h6-8,10-11,13,16,19H,5,9,12H2,1-4H3,(H,26,29)/t16-,19+/m1/s1. The maximum atomic E-state index is 12.6. The monoisotopic (exact) mass is 409 g/mol. The highest BCUT2D eigenvalue weighted by atomic mass is 16.5. The van der Waals surface area contributed by atoms with Crippen molar-refractivity contribution in [1.82, 2.24) is 24.9 Å². The summed E-state index contributed by atoms with van der Waals surface area (Å²) in [5.41, 5.74) is 3.22. The number of benzene rings is 1. The molecule has 2 heterocycles. The zero-order valence-electron chi connectivity index (χ0n) is 17.8. The van der Waals surface area contributed by atoms with E-state index in [1.807, 2.05) is 44.2 Å². The summed E-state index contributed by atoms with van der Waals surface area (Å²) in [6.07, 6.45) is 2.25. The first-order valence-corrected chi connectivity index (χ1v) is 10.1. The molecule has 0 aliphatic carbocycles. The Morgan fingerprint density at radius 1 is 1.20 bits per heavy atom. The number of nitrogens with zero attached hydrogens (tertiary/aromatic N) is 4. The van der Waals surface area contributed by atoms with E-state index in [0.717, 1.165) is 29.7 Å². The minimum absolute atomic E-state index is 0.00909. The van der Waals surface area contributed by atoms with Gasteiger partial charge in [0, 0.05) is 17.0 Å². The van der Waals surface area contributed by atoms with Crippen molar-refractivity contribution in [2.75, 3.05) is 0 Å². The van der Waals surface area contributed by atoms with Crippen LogP contribution in [-0.2, 0) is 20.7 Å². The van der Waals surface area contributed by atoms with E-state index < -0.39 is 12.1 Å². The van der Waals surface area contributed by atoms with Crippen LogP contribution in [0.4, 0.5) is 0 Å². The zero-order chi connectivity index (χ0) is 21.7. The lowest BCUT2D eigenvalue weighted by Gasteiger charge is -2.21. The Bertz CT molecular complexity index is 1030. The molecule has 0 spiro atoms. The molecule has 1 aromatic carbocycles. The van der Waals surface area contributed by atoms with Gasteiger partial charge in [-0.25, -0.2) is 9.50 Å². The lowest BCUT2D eigenvalue weighted by atomic mass is 10.0. The molecule has 30 heavy (non-hydrogen) atoms. The van der Waals surface area contributed by atoms with E-state index in [2.05, 4.69) is 27.3 Å². The fraction of sp³-hybridized carbons (Fsp3) is 0.409. The largest absolute Gasteiger partial charge is 0.452 e. The molecule has 0 bridgehead atoms. The second kappa shape index (κ2) is 9.47. The number of hydrogen-bond acceptors (Lipinski definition) is 6. The second-order valence-electron chi connectivity index (χ2n) is 7.30. The van der Waals surface area contributed by atoms with Crippen LogP contribution in [0.15, 0.2) is 36.7 Å². The number of carbonyl (C=O) groups excluding carboxylic acids is 2. The van der Waals surface area contributed by atoms with E-state index in [1.165, 1.54) is 6.33 Å². The van der Waals surface area contributed by atoms with Gasteiger partial charge in [0.1, 0.15) is 6.33 Å². The fourth-order valence-electron chi connectivity index (χ4n) is 3.43. The molecule has 0 saturated heterocycles. The average Bonchev–Trinajstić information content (AvgIpc) is 3.19. The molecule has 8 nitrogen and oxygen atoms in total. The van der Waals surface area contributed by atoms with Gasteiger partial charge in [-0.2, -0.15) is 10.1 Å². The highest BCUT2D eigenvalue weighted by Gasteiger charge is 2.23. The number of esters is 1. The van der Waals surface area contributed by atoms with Crippen LogP contribution < -0.4 is 5.32 Å². The molecule has 0 fully saturated rings. The molecule has 1 amide bonds.